The number of carbonyl (C=O) groups excluding carboxylic acids is 1. The highest BCUT2D eigenvalue weighted by Gasteiger charge is 2.42. The first-order chi connectivity index (χ1) is 11.1. The average molecular weight is 314 g/mol. The smallest absolute Gasteiger partial charge is 0.274 e. The van der Waals surface area contributed by atoms with Crippen LogP contribution < -0.4 is 5.73 Å². The molecule has 1 saturated heterocycles. The molecule has 1 aliphatic heterocycles. The molecule has 5 nitrogen and oxygen atoms in total. The molecular formula is C17H19FN4O. The molecule has 2 fully saturated rings. The molecule has 6 heteroatoms. The van der Waals surface area contributed by atoms with Gasteiger partial charge in [-0.1, -0.05) is 0 Å². The van der Waals surface area contributed by atoms with Crippen molar-refractivity contribution in [3.63, 3.8) is 0 Å². The third-order valence-corrected chi connectivity index (χ3v) is 5.10. The van der Waals surface area contributed by atoms with Crippen molar-refractivity contribution < 1.29 is 9.18 Å². The number of nitrogens with two attached hydrogens (primary N) is 1. The number of likely N-dealkylation sites (tertiary alicyclic amines) is 1. The average Bonchev–Trinajstić information content (AvgIpc) is 3.25. The summed E-state index contributed by atoms with van der Waals surface area (Å²) < 4.78 is 14.6. The highest BCUT2D eigenvalue weighted by atomic mass is 19.1. The summed E-state index contributed by atoms with van der Waals surface area (Å²) in [6, 6.07) is 7.95. The van der Waals surface area contributed by atoms with Gasteiger partial charge in [0, 0.05) is 25.3 Å². The molecule has 1 saturated carbocycles. The minimum Gasteiger partial charge on any atom is -0.337 e. The lowest BCUT2D eigenvalue weighted by Gasteiger charge is -2.17. The van der Waals surface area contributed by atoms with E-state index >= 15 is 0 Å². The zero-order valence-electron chi connectivity index (χ0n) is 12.7. The van der Waals surface area contributed by atoms with Crippen LogP contribution in [0.2, 0.25) is 0 Å². The van der Waals surface area contributed by atoms with E-state index in [0.29, 0.717) is 17.5 Å². The highest BCUT2D eigenvalue weighted by Crippen LogP contribution is 2.37. The van der Waals surface area contributed by atoms with Gasteiger partial charge in [-0.15, -0.1) is 0 Å². The Morgan fingerprint density at radius 1 is 1.17 bits per heavy atom. The van der Waals surface area contributed by atoms with Crippen molar-refractivity contribution in [1.82, 2.24) is 14.7 Å². The summed E-state index contributed by atoms with van der Waals surface area (Å²) in [6.45, 7) is 1.51. The summed E-state index contributed by atoms with van der Waals surface area (Å²) in [6.07, 6.45) is 3.90. The molecule has 1 aliphatic carbocycles. The number of nitrogens with zero attached hydrogens (tertiary/aromatic N) is 3. The fraction of sp³-hybridized carbons (Fsp3) is 0.412. The van der Waals surface area contributed by atoms with Gasteiger partial charge in [-0.3, -0.25) is 4.79 Å². The maximum absolute atomic E-state index is 13.0. The quantitative estimate of drug-likeness (QED) is 0.919. The second-order valence-corrected chi connectivity index (χ2v) is 6.50. The molecule has 2 aromatic rings. The van der Waals surface area contributed by atoms with E-state index in [9.17, 15) is 9.18 Å². The Bertz CT molecular complexity index is 726. The van der Waals surface area contributed by atoms with Crippen LogP contribution in [0.1, 0.15) is 23.3 Å². The normalized spacial score (nSPS) is 26.5. The fourth-order valence-corrected chi connectivity index (χ4v) is 3.81. The molecule has 4 rings (SSSR count). The Morgan fingerprint density at radius 3 is 2.70 bits per heavy atom. The number of hydrogen-bond donors (Lipinski definition) is 1. The van der Waals surface area contributed by atoms with Crippen molar-refractivity contribution in [2.24, 2.45) is 17.6 Å². The summed E-state index contributed by atoms with van der Waals surface area (Å²) >= 11 is 0. The third-order valence-electron chi connectivity index (χ3n) is 5.10. The molecule has 1 aromatic carbocycles. The number of benzene rings is 1. The number of hydrogen-bond acceptors (Lipinski definition) is 3. The van der Waals surface area contributed by atoms with Crippen LogP contribution in [-0.4, -0.2) is 39.7 Å². The summed E-state index contributed by atoms with van der Waals surface area (Å²) in [4.78, 5) is 14.5. The summed E-state index contributed by atoms with van der Waals surface area (Å²) in [5, 5.41) is 4.34. The van der Waals surface area contributed by atoms with Gasteiger partial charge in [0.15, 0.2) is 5.69 Å². The number of fused-ring (bicyclic) bond motifs is 1. The summed E-state index contributed by atoms with van der Waals surface area (Å²) in [7, 11) is 0. The Kier molecular flexibility index (Phi) is 3.41. The molecule has 120 valence electrons. The van der Waals surface area contributed by atoms with E-state index in [2.05, 4.69) is 5.10 Å². The van der Waals surface area contributed by atoms with Crippen LogP contribution >= 0.6 is 0 Å². The van der Waals surface area contributed by atoms with Crippen molar-refractivity contribution in [3.8, 4) is 5.69 Å². The van der Waals surface area contributed by atoms with Gasteiger partial charge in [0.05, 0.1) is 5.69 Å². The SMILES string of the molecule is NC1CCC2CN(C(=O)c3ccn(-c4ccc(F)cc4)n3)CC12. The van der Waals surface area contributed by atoms with E-state index in [-0.39, 0.29) is 17.8 Å². The maximum atomic E-state index is 13.0. The molecule has 0 radical (unpaired) electrons. The van der Waals surface area contributed by atoms with Crippen LogP contribution in [0.4, 0.5) is 4.39 Å². The lowest BCUT2D eigenvalue weighted by molar-refractivity contribution is 0.0773. The van der Waals surface area contributed by atoms with E-state index in [0.717, 1.165) is 31.6 Å². The second kappa shape index (κ2) is 5.45. The topological polar surface area (TPSA) is 64.2 Å². The Hall–Kier alpha value is -2.21. The largest absolute Gasteiger partial charge is 0.337 e. The number of rotatable bonds is 2. The molecular weight excluding hydrogens is 295 g/mol. The predicted octanol–water partition coefficient (Wildman–Crippen LogP) is 1.82. The van der Waals surface area contributed by atoms with E-state index < -0.39 is 0 Å². The van der Waals surface area contributed by atoms with Gasteiger partial charge in [0.1, 0.15) is 5.82 Å². The second-order valence-electron chi connectivity index (χ2n) is 6.50. The molecule has 1 aromatic heterocycles. The third kappa shape index (κ3) is 2.53. The zero-order valence-corrected chi connectivity index (χ0v) is 12.7. The van der Waals surface area contributed by atoms with Crippen LogP contribution in [0, 0.1) is 17.7 Å². The van der Waals surface area contributed by atoms with Crippen molar-refractivity contribution in [1.29, 1.82) is 0 Å². The molecule has 1 amide bonds. The van der Waals surface area contributed by atoms with Gasteiger partial charge in [0.2, 0.25) is 0 Å². The monoisotopic (exact) mass is 314 g/mol. The molecule has 3 atom stereocenters. The number of halogens is 1. The van der Waals surface area contributed by atoms with Crippen molar-refractivity contribution in [3.05, 3.63) is 48.0 Å². The molecule has 2 heterocycles. The Balaban J connectivity index is 1.51. The van der Waals surface area contributed by atoms with E-state index in [1.165, 1.54) is 12.1 Å². The maximum Gasteiger partial charge on any atom is 0.274 e. The van der Waals surface area contributed by atoms with Crippen molar-refractivity contribution >= 4 is 5.91 Å². The van der Waals surface area contributed by atoms with Gasteiger partial charge < -0.3 is 10.6 Å². The first kappa shape index (κ1) is 14.4. The lowest BCUT2D eigenvalue weighted by Crippen LogP contribution is -2.33. The minimum atomic E-state index is -0.294. The molecule has 2 N–H and O–H groups in total. The van der Waals surface area contributed by atoms with Gasteiger partial charge >= 0.3 is 0 Å². The fourth-order valence-electron chi connectivity index (χ4n) is 3.81. The first-order valence-corrected chi connectivity index (χ1v) is 7.98. The molecule has 0 spiro atoms. The van der Waals surface area contributed by atoms with Crippen LogP contribution in [-0.2, 0) is 0 Å². The Labute approximate surface area is 133 Å². The minimum absolute atomic E-state index is 0.0486. The van der Waals surface area contributed by atoms with Crippen LogP contribution in [0.25, 0.3) is 5.69 Å². The summed E-state index contributed by atoms with van der Waals surface area (Å²) in [5.74, 6) is 0.621. The van der Waals surface area contributed by atoms with Crippen LogP contribution in [0.3, 0.4) is 0 Å². The first-order valence-electron chi connectivity index (χ1n) is 7.98. The van der Waals surface area contributed by atoms with Gasteiger partial charge in [-0.05, 0) is 55.0 Å². The molecule has 23 heavy (non-hydrogen) atoms. The number of carbonyl (C=O) groups is 1. The lowest BCUT2D eigenvalue weighted by atomic mass is 9.98. The van der Waals surface area contributed by atoms with Crippen LogP contribution in [0.5, 0.6) is 0 Å². The number of aromatic nitrogens is 2. The predicted molar refractivity (Wildman–Crippen MR) is 83.6 cm³/mol. The Morgan fingerprint density at radius 2 is 1.96 bits per heavy atom. The van der Waals surface area contributed by atoms with E-state index in [1.807, 2.05) is 4.90 Å². The van der Waals surface area contributed by atoms with Gasteiger partial charge in [-0.25, -0.2) is 9.07 Å². The van der Waals surface area contributed by atoms with Gasteiger partial charge in [-0.2, -0.15) is 5.10 Å². The van der Waals surface area contributed by atoms with Gasteiger partial charge in [0.25, 0.3) is 5.91 Å². The molecule has 2 aliphatic rings. The van der Waals surface area contributed by atoms with Crippen molar-refractivity contribution in [2.45, 2.75) is 18.9 Å². The highest BCUT2D eigenvalue weighted by molar-refractivity contribution is 5.92. The molecule has 3 unspecified atom stereocenters. The molecule has 0 bridgehead atoms. The van der Waals surface area contributed by atoms with Crippen LogP contribution in [0.15, 0.2) is 36.5 Å². The standard InChI is InChI=1S/C17H19FN4O/c18-12-2-4-13(5-3-12)22-8-7-16(20-22)17(23)21-9-11-1-6-15(19)14(11)10-21/h2-5,7-8,11,14-15H,1,6,9-10,19H2. The van der Waals surface area contributed by atoms with E-state index in [4.69, 9.17) is 5.73 Å². The van der Waals surface area contributed by atoms with Crippen molar-refractivity contribution in [2.75, 3.05) is 13.1 Å². The number of amides is 1. The summed E-state index contributed by atoms with van der Waals surface area (Å²) in [5.41, 5.74) is 7.27. The zero-order chi connectivity index (χ0) is 16.0. The van der Waals surface area contributed by atoms with E-state index in [1.54, 1.807) is 29.1 Å².